The fourth-order valence-electron chi connectivity index (χ4n) is 4.93. The summed E-state index contributed by atoms with van der Waals surface area (Å²) in [4.78, 5) is 51.3. The zero-order chi connectivity index (χ0) is 23.8. The van der Waals surface area contributed by atoms with E-state index in [0.717, 1.165) is 16.0 Å². The summed E-state index contributed by atoms with van der Waals surface area (Å²) in [6.07, 6.45) is 4.56. The standard InChI is InChI=1S/C25H22N2O6/c1-2-3-13-27-22(30)19-20(23(27)31)25(24(32)33,14-18(28)29)26-21(19)17-11-9-16(10-12-17)15-7-5-4-6-8-15/h1,4-12,19-21,26H,3,13-14H2,(H,28,29)(H,32,33). The van der Waals surface area contributed by atoms with Gasteiger partial charge in [-0.1, -0.05) is 54.6 Å². The van der Waals surface area contributed by atoms with Gasteiger partial charge in [0.1, 0.15) is 5.54 Å². The number of fused-ring (bicyclic) bond motifs is 1. The van der Waals surface area contributed by atoms with Gasteiger partial charge in [-0.25, -0.2) is 0 Å². The van der Waals surface area contributed by atoms with E-state index in [1.165, 1.54) is 0 Å². The molecule has 33 heavy (non-hydrogen) atoms. The Morgan fingerprint density at radius 1 is 1.00 bits per heavy atom. The molecule has 2 aliphatic rings. The molecular weight excluding hydrogens is 424 g/mol. The molecule has 2 heterocycles. The molecule has 0 aromatic heterocycles. The minimum Gasteiger partial charge on any atom is -0.481 e. The number of nitrogens with zero attached hydrogens (tertiary/aromatic N) is 1. The molecule has 4 unspecified atom stereocenters. The van der Waals surface area contributed by atoms with Gasteiger partial charge < -0.3 is 10.2 Å². The number of nitrogens with one attached hydrogen (secondary N) is 1. The summed E-state index contributed by atoms with van der Waals surface area (Å²) >= 11 is 0. The molecule has 8 nitrogen and oxygen atoms in total. The third-order valence-electron chi connectivity index (χ3n) is 6.41. The van der Waals surface area contributed by atoms with E-state index in [1.807, 2.05) is 42.5 Å². The number of likely N-dealkylation sites (tertiary alicyclic amines) is 1. The molecule has 2 aromatic carbocycles. The number of terminal acetylenes is 1. The maximum atomic E-state index is 13.2. The average Bonchev–Trinajstić information content (AvgIpc) is 3.27. The van der Waals surface area contributed by atoms with Crippen LogP contribution in [0.25, 0.3) is 11.1 Å². The predicted octanol–water partition coefficient (Wildman–Crippen LogP) is 1.92. The van der Waals surface area contributed by atoms with Crippen LogP contribution in [0.2, 0.25) is 0 Å². The molecule has 0 saturated carbocycles. The highest BCUT2D eigenvalue weighted by molar-refractivity contribution is 6.10. The fraction of sp³-hybridized carbons (Fsp3) is 0.280. The second kappa shape index (κ2) is 8.52. The Morgan fingerprint density at radius 3 is 2.21 bits per heavy atom. The van der Waals surface area contributed by atoms with Gasteiger partial charge in [0, 0.05) is 19.0 Å². The first-order valence-corrected chi connectivity index (χ1v) is 10.5. The number of carboxylic acids is 2. The predicted molar refractivity (Wildman–Crippen MR) is 118 cm³/mol. The van der Waals surface area contributed by atoms with E-state index >= 15 is 0 Å². The highest BCUT2D eigenvalue weighted by atomic mass is 16.4. The summed E-state index contributed by atoms with van der Waals surface area (Å²) in [7, 11) is 0. The highest BCUT2D eigenvalue weighted by Crippen LogP contribution is 2.50. The number of carbonyl (C=O) groups excluding carboxylic acids is 2. The largest absolute Gasteiger partial charge is 0.481 e. The zero-order valence-corrected chi connectivity index (χ0v) is 17.6. The maximum Gasteiger partial charge on any atom is 0.325 e. The summed E-state index contributed by atoms with van der Waals surface area (Å²) in [5.41, 5.74) is 0.392. The van der Waals surface area contributed by atoms with Crippen LogP contribution in [-0.4, -0.2) is 50.9 Å². The third kappa shape index (κ3) is 3.66. The lowest BCUT2D eigenvalue weighted by Gasteiger charge is -2.29. The maximum absolute atomic E-state index is 13.2. The number of rotatable bonds is 7. The van der Waals surface area contributed by atoms with Crippen molar-refractivity contribution in [2.45, 2.75) is 24.4 Å². The topological polar surface area (TPSA) is 124 Å². The molecule has 2 aromatic rings. The van der Waals surface area contributed by atoms with E-state index in [0.29, 0.717) is 5.56 Å². The number of imide groups is 1. The Hall–Kier alpha value is -3.96. The first-order valence-electron chi connectivity index (χ1n) is 10.5. The van der Waals surface area contributed by atoms with Crippen molar-refractivity contribution in [1.29, 1.82) is 0 Å². The Morgan fingerprint density at radius 2 is 1.64 bits per heavy atom. The lowest BCUT2D eigenvalue weighted by atomic mass is 9.77. The van der Waals surface area contributed by atoms with Crippen LogP contribution in [0.3, 0.4) is 0 Å². The number of benzene rings is 2. The van der Waals surface area contributed by atoms with E-state index in [1.54, 1.807) is 12.1 Å². The number of aliphatic carboxylic acids is 2. The van der Waals surface area contributed by atoms with Crippen LogP contribution in [0, 0.1) is 24.2 Å². The van der Waals surface area contributed by atoms with E-state index < -0.39 is 53.6 Å². The number of hydrogen-bond donors (Lipinski definition) is 3. The molecular formula is C25H22N2O6. The van der Waals surface area contributed by atoms with Gasteiger partial charge in [0.2, 0.25) is 11.8 Å². The number of hydrogen-bond acceptors (Lipinski definition) is 5. The Bertz CT molecular complexity index is 1150. The van der Waals surface area contributed by atoms with Crippen molar-refractivity contribution in [3.63, 3.8) is 0 Å². The molecule has 2 aliphatic heterocycles. The van der Waals surface area contributed by atoms with Crippen molar-refractivity contribution in [2.75, 3.05) is 6.54 Å². The molecule has 0 radical (unpaired) electrons. The van der Waals surface area contributed by atoms with E-state index in [4.69, 9.17) is 6.42 Å². The van der Waals surface area contributed by atoms with Crippen LogP contribution in [0.15, 0.2) is 54.6 Å². The van der Waals surface area contributed by atoms with E-state index in [9.17, 15) is 29.4 Å². The summed E-state index contributed by atoms with van der Waals surface area (Å²) in [6, 6.07) is 16.0. The first-order chi connectivity index (χ1) is 15.8. The van der Waals surface area contributed by atoms with Gasteiger partial charge in [0.15, 0.2) is 0 Å². The van der Waals surface area contributed by atoms with Gasteiger partial charge in [-0.15, -0.1) is 12.3 Å². The molecule has 0 spiro atoms. The molecule has 4 atom stereocenters. The quantitative estimate of drug-likeness (QED) is 0.438. The van der Waals surface area contributed by atoms with Gasteiger partial charge in [-0.05, 0) is 16.7 Å². The van der Waals surface area contributed by atoms with Crippen LogP contribution < -0.4 is 5.32 Å². The lowest BCUT2D eigenvalue weighted by molar-refractivity contribution is -0.155. The van der Waals surface area contributed by atoms with Crippen molar-refractivity contribution in [3.05, 3.63) is 60.2 Å². The van der Waals surface area contributed by atoms with E-state index in [2.05, 4.69) is 11.2 Å². The van der Waals surface area contributed by atoms with Crippen molar-refractivity contribution in [2.24, 2.45) is 11.8 Å². The number of carboxylic acid groups (broad SMARTS) is 2. The molecule has 2 saturated heterocycles. The Labute approximate surface area is 190 Å². The van der Waals surface area contributed by atoms with Crippen molar-refractivity contribution in [1.82, 2.24) is 10.2 Å². The Balaban J connectivity index is 1.76. The van der Waals surface area contributed by atoms with Crippen LogP contribution in [-0.2, 0) is 19.2 Å². The minimum atomic E-state index is -2.11. The molecule has 2 amide bonds. The molecule has 0 aliphatic carbocycles. The monoisotopic (exact) mass is 446 g/mol. The van der Waals surface area contributed by atoms with Crippen LogP contribution >= 0.6 is 0 Å². The van der Waals surface area contributed by atoms with Gasteiger partial charge >= 0.3 is 11.9 Å². The summed E-state index contributed by atoms with van der Waals surface area (Å²) in [6.45, 7) is -0.0381. The second-order valence-corrected chi connectivity index (χ2v) is 8.24. The average molecular weight is 446 g/mol. The minimum absolute atomic E-state index is 0.0381. The molecule has 0 bridgehead atoms. The van der Waals surface area contributed by atoms with Crippen LogP contribution in [0.4, 0.5) is 0 Å². The smallest absolute Gasteiger partial charge is 0.325 e. The number of amides is 2. The van der Waals surface area contributed by atoms with Crippen molar-refractivity contribution < 1.29 is 29.4 Å². The van der Waals surface area contributed by atoms with Gasteiger partial charge in [-0.3, -0.25) is 29.4 Å². The SMILES string of the molecule is C#CCCN1C(=O)C2C(c3ccc(-c4ccccc4)cc3)NC(CC(=O)O)(C(=O)O)C2C1=O. The molecule has 3 N–H and O–H groups in total. The van der Waals surface area contributed by atoms with Crippen LogP contribution in [0.1, 0.15) is 24.4 Å². The molecule has 4 rings (SSSR count). The summed E-state index contributed by atoms with van der Waals surface area (Å²) in [5.74, 6) is -4.15. The summed E-state index contributed by atoms with van der Waals surface area (Å²) < 4.78 is 0. The van der Waals surface area contributed by atoms with Gasteiger partial charge in [0.25, 0.3) is 0 Å². The van der Waals surface area contributed by atoms with Crippen molar-refractivity contribution >= 4 is 23.8 Å². The molecule has 168 valence electrons. The third-order valence-corrected chi connectivity index (χ3v) is 6.41. The zero-order valence-electron chi connectivity index (χ0n) is 17.6. The highest BCUT2D eigenvalue weighted by Gasteiger charge is 2.68. The second-order valence-electron chi connectivity index (χ2n) is 8.24. The molecule has 2 fully saturated rings. The van der Waals surface area contributed by atoms with Crippen LogP contribution in [0.5, 0.6) is 0 Å². The first kappa shape index (κ1) is 22.2. The van der Waals surface area contributed by atoms with Crippen molar-refractivity contribution in [3.8, 4) is 23.5 Å². The molecule has 8 heteroatoms. The van der Waals surface area contributed by atoms with E-state index in [-0.39, 0.29) is 13.0 Å². The van der Waals surface area contributed by atoms with Gasteiger partial charge in [0.05, 0.1) is 18.3 Å². The lowest BCUT2D eigenvalue weighted by Crippen LogP contribution is -2.57. The summed E-state index contributed by atoms with van der Waals surface area (Å²) in [5, 5.41) is 22.4. The van der Waals surface area contributed by atoms with Gasteiger partial charge in [-0.2, -0.15) is 0 Å². The number of carbonyl (C=O) groups is 4. The normalized spacial score (nSPS) is 26.2. The fourth-order valence-corrected chi connectivity index (χ4v) is 4.93. The Kier molecular flexibility index (Phi) is 5.75.